The van der Waals surface area contributed by atoms with Gasteiger partial charge in [0.2, 0.25) is 0 Å². The first-order chi connectivity index (χ1) is 9.36. The van der Waals surface area contributed by atoms with Gasteiger partial charge >= 0.3 is 0 Å². The summed E-state index contributed by atoms with van der Waals surface area (Å²) < 4.78 is 7.46. The fourth-order valence-corrected chi connectivity index (χ4v) is 2.53. The average molecular weight is 281 g/mol. The molecule has 102 valence electrons. The summed E-state index contributed by atoms with van der Waals surface area (Å²) in [6, 6.07) is 3.93. The Kier molecular flexibility index (Phi) is 3.84. The highest BCUT2D eigenvalue weighted by molar-refractivity contribution is 6.17. The number of nitrogens with zero attached hydrogens (tertiary/aromatic N) is 4. The monoisotopic (exact) mass is 280 g/mol. The van der Waals surface area contributed by atoms with Crippen molar-refractivity contribution >= 4 is 23.1 Å². The zero-order chi connectivity index (χ0) is 13.1. The highest BCUT2D eigenvalue weighted by atomic mass is 35.5. The van der Waals surface area contributed by atoms with Crippen LogP contribution >= 0.6 is 11.6 Å². The van der Waals surface area contributed by atoms with E-state index >= 15 is 0 Å². The Bertz CT molecular complexity index is 536. The van der Waals surface area contributed by atoms with E-state index in [9.17, 15) is 0 Å². The molecule has 1 aliphatic rings. The van der Waals surface area contributed by atoms with Crippen molar-refractivity contribution in [2.45, 2.75) is 18.9 Å². The zero-order valence-corrected chi connectivity index (χ0v) is 11.5. The van der Waals surface area contributed by atoms with Crippen LogP contribution in [0.5, 0.6) is 0 Å². The molecule has 0 bridgehead atoms. The quantitative estimate of drug-likeness (QED) is 0.803. The summed E-state index contributed by atoms with van der Waals surface area (Å²) in [7, 11) is 0. The van der Waals surface area contributed by atoms with E-state index in [1.165, 1.54) is 0 Å². The molecule has 0 aromatic carbocycles. The molecule has 0 unspecified atom stereocenters. The average Bonchev–Trinajstić information content (AvgIpc) is 2.93. The van der Waals surface area contributed by atoms with Gasteiger partial charge < -0.3 is 9.64 Å². The number of halogens is 1. The molecule has 1 fully saturated rings. The van der Waals surface area contributed by atoms with Gasteiger partial charge in [-0.05, 0) is 18.9 Å². The first kappa shape index (κ1) is 12.7. The summed E-state index contributed by atoms with van der Waals surface area (Å²) in [5.74, 6) is 1.59. The summed E-state index contributed by atoms with van der Waals surface area (Å²) in [4.78, 5) is 6.91. The van der Waals surface area contributed by atoms with Crippen LogP contribution in [0.1, 0.15) is 12.8 Å². The van der Waals surface area contributed by atoms with Crippen LogP contribution in [0.3, 0.4) is 0 Å². The molecule has 1 saturated heterocycles. The second-order valence-electron chi connectivity index (χ2n) is 4.67. The highest BCUT2D eigenvalue weighted by Gasteiger charge is 2.20. The molecule has 6 heteroatoms. The zero-order valence-electron chi connectivity index (χ0n) is 10.7. The van der Waals surface area contributed by atoms with Gasteiger partial charge in [-0.15, -0.1) is 11.6 Å². The number of piperidine rings is 1. The Morgan fingerprint density at radius 1 is 1.32 bits per heavy atom. The standard InChI is InChI=1S/C13H17ClN4O/c14-5-10-19-11-2-7-17(8-3-11)12-4-9-18-13(16-12)1-6-15-18/h1,4,6,9,11H,2-3,5,7-8,10H2. The van der Waals surface area contributed by atoms with Crippen LogP contribution in [-0.2, 0) is 4.74 Å². The van der Waals surface area contributed by atoms with Gasteiger partial charge in [-0.25, -0.2) is 9.50 Å². The summed E-state index contributed by atoms with van der Waals surface area (Å²) in [6.07, 6.45) is 6.12. The fraction of sp³-hybridized carbons (Fsp3) is 0.538. The molecule has 0 radical (unpaired) electrons. The maximum atomic E-state index is 5.68. The maximum absolute atomic E-state index is 5.68. The third-order valence-corrected chi connectivity index (χ3v) is 3.59. The van der Waals surface area contributed by atoms with Crippen molar-refractivity contribution in [3.8, 4) is 0 Å². The van der Waals surface area contributed by atoms with Crippen LogP contribution in [0.2, 0.25) is 0 Å². The van der Waals surface area contributed by atoms with Crippen molar-refractivity contribution < 1.29 is 4.74 Å². The number of aromatic nitrogens is 3. The first-order valence-corrected chi connectivity index (χ1v) is 7.13. The predicted octanol–water partition coefficient (Wildman–Crippen LogP) is 1.95. The van der Waals surface area contributed by atoms with E-state index in [0.29, 0.717) is 18.6 Å². The Morgan fingerprint density at radius 3 is 2.95 bits per heavy atom. The van der Waals surface area contributed by atoms with Crippen molar-refractivity contribution in [1.29, 1.82) is 0 Å². The van der Waals surface area contributed by atoms with Gasteiger partial charge in [-0.1, -0.05) is 0 Å². The molecule has 0 amide bonds. The van der Waals surface area contributed by atoms with Gasteiger partial charge in [0.15, 0.2) is 5.65 Å². The molecule has 5 nitrogen and oxygen atoms in total. The molecule has 3 rings (SSSR count). The van der Waals surface area contributed by atoms with Gasteiger partial charge in [0.1, 0.15) is 5.82 Å². The van der Waals surface area contributed by atoms with Gasteiger partial charge in [-0.2, -0.15) is 5.10 Å². The van der Waals surface area contributed by atoms with Crippen LogP contribution in [0.15, 0.2) is 24.5 Å². The summed E-state index contributed by atoms with van der Waals surface area (Å²) in [6.45, 7) is 2.60. The van der Waals surface area contributed by atoms with E-state index in [-0.39, 0.29) is 0 Å². The first-order valence-electron chi connectivity index (χ1n) is 6.60. The number of anilines is 1. The second-order valence-corrected chi connectivity index (χ2v) is 5.04. The molecule has 0 aliphatic carbocycles. The topological polar surface area (TPSA) is 42.7 Å². The van der Waals surface area contributed by atoms with Crippen LogP contribution in [-0.4, -0.2) is 46.3 Å². The number of fused-ring (bicyclic) bond motifs is 1. The largest absolute Gasteiger partial charge is 0.377 e. The third-order valence-electron chi connectivity index (χ3n) is 3.44. The van der Waals surface area contributed by atoms with E-state index in [2.05, 4.69) is 15.0 Å². The van der Waals surface area contributed by atoms with Crippen molar-refractivity contribution in [2.24, 2.45) is 0 Å². The third kappa shape index (κ3) is 2.82. The lowest BCUT2D eigenvalue weighted by molar-refractivity contribution is 0.0471. The fourth-order valence-electron chi connectivity index (χ4n) is 2.44. The number of alkyl halides is 1. The highest BCUT2D eigenvalue weighted by Crippen LogP contribution is 2.20. The van der Waals surface area contributed by atoms with Crippen LogP contribution in [0.4, 0.5) is 5.82 Å². The smallest absolute Gasteiger partial charge is 0.157 e. The predicted molar refractivity (Wildman–Crippen MR) is 74.9 cm³/mol. The molecule has 1 aliphatic heterocycles. The Hall–Kier alpha value is -1.33. The number of hydrogen-bond donors (Lipinski definition) is 0. The molecule has 0 N–H and O–H groups in total. The molecule has 0 atom stereocenters. The molecular formula is C13H17ClN4O. The van der Waals surface area contributed by atoms with Gasteiger partial charge in [-0.3, -0.25) is 0 Å². The van der Waals surface area contributed by atoms with E-state index < -0.39 is 0 Å². The Balaban J connectivity index is 1.64. The van der Waals surface area contributed by atoms with Crippen molar-refractivity contribution in [1.82, 2.24) is 14.6 Å². The lowest BCUT2D eigenvalue weighted by Gasteiger charge is -2.32. The Labute approximate surface area is 117 Å². The number of rotatable bonds is 4. The van der Waals surface area contributed by atoms with E-state index in [1.807, 2.05) is 18.3 Å². The van der Waals surface area contributed by atoms with Gasteiger partial charge in [0.25, 0.3) is 0 Å². The van der Waals surface area contributed by atoms with Gasteiger partial charge in [0, 0.05) is 31.2 Å². The van der Waals surface area contributed by atoms with Crippen LogP contribution in [0, 0.1) is 0 Å². The minimum atomic E-state index is 0.341. The van der Waals surface area contributed by atoms with Crippen LogP contribution < -0.4 is 4.90 Å². The molecular weight excluding hydrogens is 264 g/mol. The maximum Gasteiger partial charge on any atom is 0.157 e. The lowest BCUT2D eigenvalue weighted by atomic mass is 10.1. The normalized spacial score (nSPS) is 17.2. The lowest BCUT2D eigenvalue weighted by Crippen LogP contribution is -2.37. The molecule has 2 aromatic heterocycles. The summed E-state index contributed by atoms with van der Waals surface area (Å²) in [5.41, 5.74) is 0.887. The minimum absolute atomic E-state index is 0.341. The van der Waals surface area contributed by atoms with Gasteiger partial charge in [0.05, 0.1) is 18.9 Å². The number of hydrogen-bond acceptors (Lipinski definition) is 4. The van der Waals surface area contributed by atoms with Crippen molar-refractivity contribution in [3.63, 3.8) is 0 Å². The Morgan fingerprint density at radius 2 is 2.16 bits per heavy atom. The molecule has 0 saturated carbocycles. The molecule has 19 heavy (non-hydrogen) atoms. The minimum Gasteiger partial charge on any atom is -0.377 e. The SMILES string of the molecule is ClCCOC1CCN(c2ccn3nccc3n2)CC1. The molecule has 0 spiro atoms. The van der Waals surface area contributed by atoms with Crippen LogP contribution in [0.25, 0.3) is 5.65 Å². The summed E-state index contributed by atoms with van der Waals surface area (Å²) >= 11 is 5.64. The molecule has 3 heterocycles. The number of ether oxygens (including phenoxy) is 1. The molecule has 2 aromatic rings. The van der Waals surface area contributed by atoms with Crippen molar-refractivity contribution in [3.05, 3.63) is 24.5 Å². The van der Waals surface area contributed by atoms with E-state index in [4.69, 9.17) is 16.3 Å². The summed E-state index contributed by atoms with van der Waals surface area (Å²) in [5, 5.41) is 4.15. The second kappa shape index (κ2) is 5.75. The van der Waals surface area contributed by atoms with Crippen molar-refractivity contribution in [2.75, 3.05) is 30.5 Å². The van der Waals surface area contributed by atoms with E-state index in [0.717, 1.165) is 37.4 Å². The van der Waals surface area contributed by atoms with E-state index in [1.54, 1.807) is 10.7 Å².